The number of likely N-dealkylation sites (N-methyl/N-ethyl adjacent to an activating group) is 1. The maximum absolute atomic E-state index is 8.58. The van der Waals surface area contributed by atoms with Gasteiger partial charge in [-0.05, 0) is 43.5 Å². The van der Waals surface area contributed by atoms with Crippen molar-refractivity contribution in [2.24, 2.45) is 0 Å². The van der Waals surface area contributed by atoms with E-state index in [1.54, 1.807) is 0 Å². The SMILES string of the molecule is CN(CC#N)CCc1ccc2c(c1)CCCO2. The molecular formula is C14H18N2O. The zero-order valence-electron chi connectivity index (χ0n) is 10.3. The van der Waals surface area contributed by atoms with E-state index < -0.39 is 0 Å². The van der Waals surface area contributed by atoms with E-state index in [1.165, 1.54) is 11.1 Å². The van der Waals surface area contributed by atoms with Crippen LogP contribution < -0.4 is 4.74 Å². The number of fused-ring (bicyclic) bond motifs is 1. The monoisotopic (exact) mass is 230 g/mol. The minimum atomic E-state index is 0.494. The minimum Gasteiger partial charge on any atom is -0.493 e. The molecule has 0 aliphatic carbocycles. The van der Waals surface area contributed by atoms with Crippen molar-refractivity contribution in [2.75, 3.05) is 26.7 Å². The van der Waals surface area contributed by atoms with Crippen molar-refractivity contribution < 1.29 is 4.74 Å². The van der Waals surface area contributed by atoms with Gasteiger partial charge in [-0.1, -0.05) is 12.1 Å². The first-order valence-electron chi connectivity index (χ1n) is 6.09. The Morgan fingerprint density at radius 2 is 2.35 bits per heavy atom. The molecule has 0 radical (unpaired) electrons. The van der Waals surface area contributed by atoms with Crippen LogP contribution in [-0.2, 0) is 12.8 Å². The summed E-state index contributed by atoms with van der Waals surface area (Å²) in [4.78, 5) is 2.04. The first-order chi connectivity index (χ1) is 8.29. The molecule has 90 valence electrons. The lowest BCUT2D eigenvalue weighted by molar-refractivity contribution is 0.288. The van der Waals surface area contributed by atoms with Crippen LogP contribution in [0.15, 0.2) is 18.2 Å². The van der Waals surface area contributed by atoms with Crippen LogP contribution >= 0.6 is 0 Å². The summed E-state index contributed by atoms with van der Waals surface area (Å²) >= 11 is 0. The van der Waals surface area contributed by atoms with E-state index in [0.29, 0.717) is 6.54 Å². The topological polar surface area (TPSA) is 36.3 Å². The minimum absolute atomic E-state index is 0.494. The van der Waals surface area contributed by atoms with Crippen LogP contribution in [0.25, 0.3) is 0 Å². The van der Waals surface area contributed by atoms with Gasteiger partial charge in [0, 0.05) is 6.54 Å². The molecule has 0 unspecified atom stereocenters. The largest absolute Gasteiger partial charge is 0.493 e. The number of hydrogen-bond acceptors (Lipinski definition) is 3. The smallest absolute Gasteiger partial charge is 0.122 e. The van der Waals surface area contributed by atoms with Crippen LogP contribution in [0, 0.1) is 11.3 Å². The Balaban J connectivity index is 1.95. The van der Waals surface area contributed by atoms with Gasteiger partial charge in [0.15, 0.2) is 0 Å². The fourth-order valence-corrected chi connectivity index (χ4v) is 2.09. The fourth-order valence-electron chi connectivity index (χ4n) is 2.09. The van der Waals surface area contributed by atoms with Crippen molar-refractivity contribution in [3.8, 4) is 11.8 Å². The molecule has 1 aromatic carbocycles. The van der Waals surface area contributed by atoms with Gasteiger partial charge in [-0.25, -0.2) is 0 Å². The molecule has 1 aromatic rings. The Morgan fingerprint density at radius 1 is 1.47 bits per heavy atom. The number of hydrogen-bond donors (Lipinski definition) is 0. The van der Waals surface area contributed by atoms with Gasteiger partial charge in [0.1, 0.15) is 5.75 Å². The van der Waals surface area contributed by atoms with Gasteiger partial charge >= 0.3 is 0 Å². The average Bonchev–Trinajstić information content (AvgIpc) is 2.36. The molecule has 17 heavy (non-hydrogen) atoms. The highest BCUT2D eigenvalue weighted by atomic mass is 16.5. The number of ether oxygens (including phenoxy) is 1. The second kappa shape index (κ2) is 5.70. The van der Waals surface area contributed by atoms with E-state index >= 15 is 0 Å². The predicted molar refractivity (Wildman–Crippen MR) is 67.1 cm³/mol. The maximum Gasteiger partial charge on any atom is 0.122 e. The summed E-state index contributed by atoms with van der Waals surface area (Å²) in [6, 6.07) is 8.61. The van der Waals surface area contributed by atoms with Crippen LogP contribution in [0.5, 0.6) is 5.75 Å². The molecule has 0 amide bonds. The van der Waals surface area contributed by atoms with Crippen molar-refractivity contribution >= 4 is 0 Å². The number of aryl methyl sites for hydroxylation is 1. The Morgan fingerprint density at radius 3 is 3.18 bits per heavy atom. The molecule has 0 aromatic heterocycles. The van der Waals surface area contributed by atoms with Gasteiger partial charge < -0.3 is 4.74 Å². The quantitative estimate of drug-likeness (QED) is 0.742. The summed E-state index contributed by atoms with van der Waals surface area (Å²) in [7, 11) is 1.98. The molecule has 2 rings (SSSR count). The van der Waals surface area contributed by atoms with Gasteiger partial charge in [0.2, 0.25) is 0 Å². The molecule has 1 aliphatic heterocycles. The third-order valence-electron chi connectivity index (χ3n) is 3.10. The molecular weight excluding hydrogens is 212 g/mol. The van der Waals surface area contributed by atoms with Gasteiger partial charge in [0.25, 0.3) is 0 Å². The van der Waals surface area contributed by atoms with Gasteiger partial charge in [-0.15, -0.1) is 0 Å². The highest BCUT2D eigenvalue weighted by molar-refractivity contribution is 5.38. The normalized spacial score (nSPS) is 13.9. The standard InChI is InChI=1S/C14H18N2O/c1-16(9-7-15)8-6-12-4-5-14-13(11-12)3-2-10-17-14/h4-5,11H,2-3,6,8-10H2,1H3. The summed E-state index contributed by atoms with van der Waals surface area (Å²) in [5.74, 6) is 1.05. The number of benzene rings is 1. The first-order valence-corrected chi connectivity index (χ1v) is 6.09. The number of nitrogens with zero attached hydrogens (tertiary/aromatic N) is 2. The average molecular weight is 230 g/mol. The molecule has 0 fully saturated rings. The van der Waals surface area contributed by atoms with Crippen molar-refractivity contribution in [2.45, 2.75) is 19.3 Å². The van der Waals surface area contributed by atoms with Gasteiger partial charge in [0.05, 0.1) is 19.2 Å². The third kappa shape index (κ3) is 3.21. The predicted octanol–water partition coefficient (Wildman–Crippen LogP) is 2.01. The molecule has 1 aliphatic rings. The zero-order valence-corrected chi connectivity index (χ0v) is 10.3. The molecule has 0 N–H and O–H groups in total. The Labute approximate surface area is 103 Å². The third-order valence-corrected chi connectivity index (χ3v) is 3.10. The van der Waals surface area contributed by atoms with E-state index in [-0.39, 0.29) is 0 Å². The van der Waals surface area contributed by atoms with Crippen molar-refractivity contribution in [1.82, 2.24) is 4.90 Å². The molecule has 0 bridgehead atoms. The van der Waals surface area contributed by atoms with Crippen molar-refractivity contribution in [3.63, 3.8) is 0 Å². The lowest BCUT2D eigenvalue weighted by Crippen LogP contribution is -2.21. The maximum atomic E-state index is 8.58. The van der Waals surface area contributed by atoms with Crippen molar-refractivity contribution in [3.05, 3.63) is 29.3 Å². The lowest BCUT2D eigenvalue weighted by atomic mass is 10.0. The first kappa shape index (κ1) is 11.9. The van der Waals surface area contributed by atoms with Crippen LogP contribution in [0.3, 0.4) is 0 Å². The Bertz CT molecular complexity index is 423. The molecule has 0 atom stereocenters. The fraction of sp³-hybridized carbons (Fsp3) is 0.500. The van der Waals surface area contributed by atoms with Gasteiger partial charge in [-0.3, -0.25) is 4.90 Å². The summed E-state index contributed by atoms with van der Waals surface area (Å²) in [5.41, 5.74) is 2.66. The highest BCUT2D eigenvalue weighted by Gasteiger charge is 2.10. The molecule has 3 nitrogen and oxygen atoms in total. The second-order valence-corrected chi connectivity index (χ2v) is 4.54. The molecule has 0 saturated heterocycles. The summed E-state index contributed by atoms with van der Waals surface area (Å²) in [6.07, 6.45) is 3.23. The molecule has 3 heteroatoms. The molecule has 1 heterocycles. The van der Waals surface area contributed by atoms with E-state index in [0.717, 1.165) is 38.2 Å². The van der Waals surface area contributed by atoms with Crippen LogP contribution in [0.2, 0.25) is 0 Å². The van der Waals surface area contributed by atoms with E-state index in [4.69, 9.17) is 10.00 Å². The summed E-state index contributed by atoms with van der Waals surface area (Å²) < 4.78 is 5.59. The molecule has 0 saturated carbocycles. The van der Waals surface area contributed by atoms with Crippen LogP contribution in [0.4, 0.5) is 0 Å². The second-order valence-electron chi connectivity index (χ2n) is 4.54. The zero-order chi connectivity index (χ0) is 12.1. The van der Waals surface area contributed by atoms with Crippen molar-refractivity contribution in [1.29, 1.82) is 5.26 Å². The Hall–Kier alpha value is -1.53. The van der Waals surface area contributed by atoms with E-state index in [2.05, 4.69) is 24.3 Å². The van der Waals surface area contributed by atoms with Crippen LogP contribution in [0.1, 0.15) is 17.5 Å². The summed E-state index contributed by atoms with van der Waals surface area (Å²) in [5, 5.41) is 8.58. The lowest BCUT2D eigenvalue weighted by Gasteiger charge is -2.18. The van der Waals surface area contributed by atoms with E-state index in [1.807, 2.05) is 11.9 Å². The highest BCUT2D eigenvalue weighted by Crippen LogP contribution is 2.25. The van der Waals surface area contributed by atoms with Crippen LogP contribution in [-0.4, -0.2) is 31.6 Å². The molecule has 0 spiro atoms. The Kier molecular flexibility index (Phi) is 4.00. The number of nitriles is 1. The van der Waals surface area contributed by atoms with E-state index in [9.17, 15) is 0 Å². The number of rotatable bonds is 4. The summed E-state index contributed by atoms with van der Waals surface area (Å²) in [6.45, 7) is 2.26. The van der Waals surface area contributed by atoms with Gasteiger partial charge in [-0.2, -0.15) is 5.26 Å².